The fraction of sp³-hybridized carbons (Fsp3) is 0.273. The minimum Gasteiger partial charge on any atom is -0.338 e. The Labute approximate surface area is 104 Å². The van der Waals surface area contributed by atoms with Crippen LogP contribution < -0.4 is 10.6 Å². The van der Waals surface area contributed by atoms with Crippen molar-refractivity contribution in [1.82, 2.24) is 25.3 Å². The molecule has 0 saturated carbocycles. The van der Waals surface area contributed by atoms with Crippen LogP contribution in [0.15, 0.2) is 36.8 Å². The second kappa shape index (κ2) is 6.33. The third-order valence-corrected chi connectivity index (χ3v) is 2.22. The van der Waals surface area contributed by atoms with Crippen LogP contribution in [0.1, 0.15) is 6.42 Å². The van der Waals surface area contributed by atoms with Crippen LogP contribution in [0.3, 0.4) is 0 Å². The number of aromatic nitrogens is 4. The zero-order valence-electron chi connectivity index (χ0n) is 9.78. The summed E-state index contributed by atoms with van der Waals surface area (Å²) >= 11 is 0. The largest absolute Gasteiger partial charge is 0.338 e. The van der Waals surface area contributed by atoms with Crippen molar-refractivity contribution in [3.05, 3.63) is 36.8 Å². The first-order valence-electron chi connectivity index (χ1n) is 5.64. The Bertz CT molecular complexity index is 470. The Balaban J connectivity index is 1.63. The quantitative estimate of drug-likeness (QED) is 0.767. The Kier molecular flexibility index (Phi) is 4.23. The molecule has 0 saturated heterocycles. The summed E-state index contributed by atoms with van der Waals surface area (Å²) in [7, 11) is 0. The molecule has 94 valence electrons. The Morgan fingerprint density at radius 3 is 3.00 bits per heavy atom. The Hall–Kier alpha value is -2.44. The van der Waals surface area contributed by atoms with Crippen molar-refractivity contribution in [3.8, 4) is 0 Å². The molecule has 0 aromatic carbocycles. The van der Waals surface area contributed by atoms with E-state index in [1.807, 2.05) is 16.9 Å². The van der Waals surface area contributed by atoms with Gasteiger partial charge in [-0.3, -0.25) is 10.00 Å². The average Bonchev–Trinajstić information content (AvgIpc) is 2.89. The molecule has 2 aromatic heterocycles. The highest BCUT2D eigenvalue weighted by atomic mass is 16.2. The predicted octanol–water partition coefficient (Wildman–Crippen LogP) is 0.885. The highest BCUT2D eigenvalue weighted by molar-refractivity contribution is 5.87. The predicted molar refractivity (Wildman–Crippen MR) is 65.9 cm³/mol. The van der Waals surface area contributed by atoms with Crippen LogP contribution in [0.25, 0.3) is 0 Å². The summed E-state index contributed by atoms with van der Waals surface area (Å²) in [5.41, 5.74) is 0. The van der Waals surface area contributed by atoms with Gasteiger partial charge >= 0.3 is 6.03 Å². The minimum atomic E-state index is -0.282. The van der Waals surface area contributed by atoms with Gasteiger partial charge in [0, 0.05) is 31.7 Å². The van der Waals surface area contributed by atoms with Crippen molar-refractivity contribution in [1.29, 1.82) is 0 Å². The van der Waals surface area contributed by atoms with Gasteiger partial charge in [0.05, 0.1) is 0 Å². The van der Waals surface area contributed by atoms with Crippen molar-refractivity contribution >= 4 is 11.8 Å². The van der Waals surface area contributed by atoms with Crippen molar-refractivity contribution < 1.29 is 4.79 Å². The third-order valence-electron chi connectivity index (χ3n) is 2.22. The number of urea groups is 1. The molecule has 0 fully saturated rings. The van der Waals surface area contributed by atoms with E-state index in [0.29, 0.717) is 12.4 Å². The maximum atomic E-state index is 11.5. The van der Waals surface area contributed by atoms with Crippen LogP contribution >= 0.6 is 0 Å². The van der Waals surface area contributed by atoms with E-state index >= 15 is 0 Å². The molecule has 0 unspecified atom stereocenters. The summed E-state index contributed by atoms with van der Waals surface area (Å²) in [4.78, 5) is 11.5. The number of nitrogens with one attached hydrogen (secondary N) is 2. The molecule has 0 aliphatic rings. The number of rotatable bonds is 5. The van der Waals surface area contributed by atoms with Gasteiger partial charge in [0.25, 0.3) is 0 Å². The lowest BCUT2D eigenvalue weighted by molar-refractivity contribution is 0.251. The lowest BCUT2D eigenvalue weighted by Gasteiger charge is -2.06. The summed E-state index contributed by atoms with van der Waals surface area (Å²) in [6, 6.07) is 4.97. The van der Waals surface area contributed by atoms with E-state index in [9.17, 15) is 4.79 Å². The van der Waals surface area contributed by atoms with Gasteiger partial charge in [0.2, 0.25) is 0 Å². The molecule has 0 aliphatic heterocycles. The SMILES string of the molecule is O=C(NCCCn1cccn1)Nc1cccnn1. The lowest BCUT2D eigenvalue weighted by Crippen LogP contribution is -2.30. The van der Waals surface area contributed by atoms with Crippen molar-refractivity contribution in [2.45, 2.75) is 13.0 Å². The van der Waals surface area contributed by atoms with Gasteiger partial charge in [-0.05, 0) is 24.6 Å². The van der Waals surface area contributed by atoms with E-state index in [0.717, 1.165) is 13.0 Å². The second-order valence-corrected chi connectivity index (χ2v) is 3.61. The van der Waals surface area contributed by atoms with Crippen molar-refractivity contribution in [2.75, 3.05) is 11.9 Å². The van der Waals surface area contributed by atoms with Crippen LogP contribution in [0, 0.1) is 0 Å². The molecule has 0 aliphatic carbocycles. The standard InChI is InChI=1S/C11H14N6O/c18-11(15-10-4-1-6-13-16-10)12-5-2-8-17-9-3-7-14-17/h1,3-4,6-7,9H,2,5,8H2,(H2,12,15,16,18). The molecule has 7 heteroatoms. The van der Waals surface area contributed by atoms with Gasteiger partial charge in [-0.2, -0.15) is 10.2 Å². The number of amides is 2. The maximum absolute atomic E-state index is 11.5. The normalized spacial score (nSPS) is 10.0. The smallest absolute Gasteiger partial charge is 0.320 e. The minimum absolute atomic E-state index is 0.282. The maximum Gasteiger partial charge on any atom is 0.320 e. The topological polar surface area (TPSA) is 84.7 Å². The number of hydrogen-bond donors (Lipinski definition) is 2. The fourth-order valence-corrected chi connectivity index (χ4v) is 1.40. The second-order valence-electron chi connectivity index (χ2n) is 3.61. The summed E-state index contributed by atoms with van der Waals surface area (Å²) < 4.78 is 1.82. The Morgan fingerprint density at radius 2 is 2.28 bits per heavy atom. The lowest BCUT2D eigenvalue weighted by atomic mass is 10.4. The van der Waals surface area contributed by atoms with Crippen LogP contribution in [0.2, 0.25) is 0 Å². The first kappa shape index (κ1) is 12.0. The van der Waals surface area contributed by atoms with Gasteiger partial charge < -0.3 is 5.32 Å². The highest BCUT2D eigenvalue weighted by Crippen LogP contribution is 1.96. The molecular formula is C11H14N6O. The van der Waals surface area contributed by atoms with Crippen molar-refractivity contribution in [3.63, 3.8) is 0 Å². The summed E-state index contributed by atoms with van der Waals surface area (Å²) in [5.74, 6) is 0.432. The molecule has 2 rings (SSSR count). The average molecular weight is 246 g/mol. The number of carbonyl (C=O) groups excluding carboxylic acids is 1. The molecule has 2 aromatic rings. The molecule has 2 heterocycles. The van der Waals surface area contributed by atoms with Crippen LogP contribution in [-0.2, 0) is 6.54 Å². The van der Waals surface area contributed by atoms with Gasteiger partial charge in [0.15, 0.2) is 5.82 Å². The molecule has 0 radical (unpaired) electrons. The first-order valence-corrected chi connectivity index (χ1v) is 5.64. The first-order chi connectivity index (χ1) is 8.84. The molecule has 0 atom stereocenters. The number of aryl methyl sites for hydroxylation is 1. The molecule has 18 heavy (non-hydrogen) atoms. The van der Waals surface area contributed by atoms with Crippen LogP contribution in [0.5, 0.6) is 0 Å². The van der Waals surface area contributed by atoms with Gasteiger partial charge in [-0.15, -0.1) is 5.10 Å². The monoisotopic (exact) mass is 246 g/mol. The number of carbonyl (C=O) groups is 1. The summed E-state index contributed by atoms with van der Waals surface area (Å²) in [6.45, 7) is 1.35. The third kappa shape index (κ3) is 3.85. The molecule has 7 nitrogen and oxygen atoms in total. The Morgan fingerprint density at radius 1 is 1.33 bits per heavy atom. The van der Waals surface area contributed by atoms with Crippen LogP contribution in [0.4, 0.5) is 10.6 Å². The molecular weight excluding hydrogens is 232 g/mol. The van der Waals surface area contributed by atoms with E-state index in [1.165, 1.54) is 0 Å². The van der Waals surface area contributed by atoms with E-state index in [-0.39, 0.29) is 6.03 Å². The zero-order valence-corrected chi connectivity index (χ0v) is 9.78. The fourth-order valence-electron chi connectivity index (χ4n) is 1.40. The summed E-state index contributed by atoms with van der Waals surface area (Å²) in [5, 5.41) is 16.8. The molecule has 2 N–H and O–H groups in total. The molecule has 2 amide bonds. The van der Waals surface area contributed by atoms with Crippen LogP contribution in [-0.4, -0.2) is 32.6 Å². The number of anilines is 1. The van der Waals surface area contributed by atoms with E-state index in [4.69, 9.17) is 0 Å². The zero-order chi connectivity index (χ0) is 12.6. The number of nitrogens with zero attached hydrogens (tertiary/aromatic N) is 4. The highest BCUT2D eigenvalue weighted by Gasteiger charge is 2.01. The molecule has 0 spiro atoms. The van der Waals surface area contributed by atoms with Gasteiger partial charge in [-0.1, -0.05) is 0 Å². The summed E-state index contributed by atoms with van der Waals surface area (Å²) in [6.07, 6.45) is 5.98. The van der Waals surface area contributed by atoms with Crippen molar-refractivity contribution in [2.24, 2.45) is 0 Å². The number of hydrogen-bond acceptors (Lipinski definition) is 4. The van der Waals surface area contributed by atoms with E-state index in [2.05, 4.69) is 25.9 Å². The van der Waals surface area contributed by atoms with E-state index < -0.39 is 0 Å². The van der Waals surface area contributed by atoms with E-state index in [1.54, 1.807) is 24.5 Å². The van der Waals surface area contributed by atoms with Gasteiger partial charge in [0.1, 0.15) is 0 Å². The van der Waals surface area contributed by atoms with Gasteiger partial charge in [-0.25, -0.2) is 4.79 Å². The molecule has 0 bridgehead atoms.